The highest BCUT2D eigenvalue weighted by atomic mass is 16.5. The number of ether oxygens (including phenoxy) is 1. The number of hydrogen-bond acceptors (Lipinski definition) is 3. The molecule has 0 aromatic heterocycles. The minimum atomic E-state index is -0.282. The number of Topliss-reactive ketones (excluding diaryl/α,β-unsaturated/α-hetero) is 1. The van der Waals surface area contributed by atoms with E-state index in [0.717, 1.165) is 51.6 Å². The van der Waals surface area contributed by atoms with Gasteiger partial charge in [-0.25, -0.2) is 0 Å². The van der Waals surface area contributed by atoms with Gasteiger partial charge in [0.25, 0.3) is 0 Å². The zero-order valence-corrected chi connectivity index (χ0v) is 17.4. The first-order valence-corrected chi connectivity index (χ1v) is 11.3. The number of hydrogen-bond donors (Lipinski definition) is 0. The molecule has 0 radical (unpaired) electrons. The summed E-state index contributed by atoms with van der Waals surface area (Å²) in [5.74, 6) is 2.40. The van der Waals surface area contributed by atoms with Crippen LogP contribution in [-0.2, 0) is 14.3 Å². The van der Waals surface area contributed by atoms with Crippen molar-refractivity contribution in [3.05, 3.63) is 11.6 Å². The normalized spacial score (nSPS) is 43.7. The Morgan fingerprint density at radius 1 is 1.07 bits per heavy atom. The van der Waals surface area contributed by atoms with Gasteiger partial charge in [0.15, 0.2) is 5.78 Å². The van der Waals surface area contributed by atoms with Crippen LogP contribution in [0.25, 0.3) is 0 Å². The van der Waals surface area contributed by atoms with Gasteiger partial charge >= 0.3 is 0 Å². The molecule has 0 bridgehead atoms. The minimum absolute atomic E-state index is 0.0596. The summed E-state index contributed by atoms with van der Waals surface area (Å²) in [6.07, 6.45) is 12.1. The molecule has 27 heavy (non-hydrogen) atoms. The van der Waals surface area contributed by atoms with Crippen molar-refractivity contribution < 1.29 is 14.3 Å². The summed E-state index contributed by atoms with van der Waals surface area (Å²) in [6.45, 7) is 7.61. The molecule has 3 nitrogen and oxygen atoms in total. The first-order chi connectivity index (χ1) is 12.9. The van der Waals surface area contributed by atoms with E-state index in [1.165, 1.54) is 18.4 Å². The maximum atomic E-state index is 13.0. The number of carbonyl (C=O) groups is 2. The zero-order valence-electron chi connectivity index (χ0n) is 17.4. The van der Waals surface area contributed by atoms with Crippen LogP contribution < -0.4 is 0 Å². The fraction of sp³-hybridized carbons (Fsp3) is 0.833. The van der Waals surface area contributed by atoms with E-state index >= 15 is 0 Å². The van der Waals surface area contributed by atoms with Crippen molar-refractivity contribution in [3.63, 3.8) is 0 Å². The molecule has 4 aliphatic rings. The Balaban J connectivity index is 1.63. The molecule has 3 fully saturated rings. The van der Waals surface area contributed by atoms with Gasteiger partial charge in [-0.1, -0.05) is 32.3 Å². The third kappa shape index (κ3) is 2.96. The molecule has 4 rings (SSSR count). The number of ketones is 2. The molecule has 0 aliphatic heterocycles. The van der Waals surface area contributed by atoms with Crippen LogP contribution in [-0.4, -0.2) is 24.3 Å². The lowest BCUT2D eigenvalue weighted by Gasteiger charge is -2.59. The third-order valence-corrected chi connectivity index (χ3v) is 8.82. The Morgan fingerprint density at radius 3 is 2.67 bits per heavy atom. The largest absolute Gasteiger partial charge is 0.377 e. The van der Waals surface area contributed by atoms with Gasteiger partial charge in [0, 0.05) is 19.4 Å². The molecule has 0 heterocycles. The Labute approximate surface area is 164 Å². The Bertz CT molecular complexity index is 650. The Morgan fingerprint density at radius 2 is 1.89 bits per heavy atom. The zero-order chi connectivity index (χ0) is 19.2. The summed E-state index contributed by atoms with van der Waals surface area (Å²) in [5, 5.41) is 0. The quantitative estimate of drug-likeness (QED) is 0.617. The smallest absolute Gasteiger partial charge is 0.155 e. The molecule has 4 aliphatic carbocycles. The van der Waals surface area contributed by atoms with Crippen LogP contribution >= 0.6 is 0 Å². The van der Waals surface area contributed by atoms with Crippen LogP contribution in [0.1, 0.15) is 85.0 Å². The lowest BCUT2D eigenvalue weighted by atomic mass is 9.47. The molecule has 0 amide bonds. The highest BCUT2D eigenvalue weighted by Gasteiger charge is 2.63. The number of rotatable bonds is 5. The highest BCUT2D eigenvalue weighted by molar-refractivity contribution is 5.91. The number of allylic oxidation sites excluding steroid dienone is 1. The minimum Gasteiger partial charge on any atom is -0.377 e. The van der Waals surface area contributed by atoms with Gasteiger partial charge in [-0.3, -0.25) is 9.59 Å². The molecule has 3 heteroatoms. The molecule has 0 aromatic carbocycles. The fourth-order valence-corrected chi connectivity index (χ4v) is 7.10. The van der Waals surface area contributed by atoms with E-state index in [9.17, 15) is 9.59 Å². The van der Waals surface area contributed by atoms with Crippen molar-refractivity contribution >= 4 is 11.6 Å². The molecule has 3 saturated carbocycles. The van der Waals surface area contributed by atoms with Gasteiger partial charge in [0.2, 0.25) is 0 Å². The fourth-order valence-electron chi connectivity index (χ4n) is 7.10. The van der Waals surface area contributed by atoms with Gasteiger partial charge < -0.3 is 4.74 Å². The van der Waals surface area contributed by atoms with E-state index in [1.807, 2.05) is 6.08 Å². The average molecular weight is 373 g/mol. The number of fused-ring (bicyclic) bond motifs is 5. The van der Waals surface area contributed by atoms with Gasteiger partial charge in [0.1, 0.15) is 5.78 Å². The predicted octanol–water partition coefficient (Wildman–Crippen LogP) is 5.27. The molecular formula is C24H36O3. The van der Waals surface area contributed by atoms with E-state index in [1.54, 1.807) is 0 Å². The second-order valence-electron chi connectivity index (χ2n) is 10.0. The first-order valence-electron chi connectivity index (χ1n) is 11.3. The molecule has 0 aromatic rings. The van der Waals surface area contributed by atoms with Crippen LogP contribution in [0.2, 0.25) is 0 Å². The van der Waals surface area contributed by atoms with Crippen molar-refractivity contribution in [1.82, 2.24) is 0 Å². The maximum Gasteiger partial charge on any atom is 0.155 e. The molecule has 0 saturated heterocycles. The molecule has 150 valence electrons. The van der Waals surface area contributed by atoms with Crippen molar-refractivity contribution in [2.75, 3.05) is 6.61 Å². The summed E-state index contributed by atoms with van der Waals surface area (Å²) in [6, 6.07) is 0. The van der Waals surface area contributed by atoms with Crippen LogP contribution in [0.3, 0.4) is 0 Å². The van der Waals surface area contributed by atoms with Crippen molar-refractivity contribution in [2.24, 2.45) is 28.6 Å². The van der Waals surface area contributed by atoms with E-state index in [0.29, 0.717) is 35.7 Å². The SMILES string of the molecule is CCCCCOC1C[C@H]2[C@@H](CCC3=CC(=O)CC[C@@]32C)[C@@H]2CCC(=O)[C@@]12C. The Hall–Kier alpha value is -0.960. The summed E-state index contributed by atoms with van der Waals surface area (Å²) in [7, 11) is 0. The second kappa shape index (κ2) is 7.13. The van der Waals surface area contributed by atoms with Crippen LogP contribution in [0.4, 0.5) is 0 Å². The van der Waals surface area contributed by atoms with E-state index < -0.39 is 0 Å². The van der Waals surface area contributed by atoms with Gasteiger partial charge in [-0.2, -0.15) is 0 Å². The topological polar surface area (TPSA) is 43.4 Å². The highest BCUT2D eigenvalue weighted by Crippen LogP contribution is 2.64. The molecular weight excluding hydrogens is 336 g/mol. The Kier molecular flexibility index (Phi) is 5.12. The average Bonchev–Trinajstić information content (AvgIpc) is 2.96. The second-order valence-corrected chi connectivity index (χ2v) is 10.0. The van der Waals surface area contributed by atoms with Crippen molar-refractivity contribution in [1.29, 1.82) is 0 Å². The predicted molar refractivity (Wildman–Crippen MR) is 106 cm³/mol. The van der Waals surface area contributed by atoms with E-state index in [2.05, 4.69) is 20.8 Å². The van der Waals surface area contributed by atoms with E-state index in [-0.39, 0.29) is 16.9 Å². The monoisotopic (exact) mass is 372 g/mol. The summed E-state index contributed by atoms with van der Waals surface area (Å²) >= 11 is 0. The van der Waals surface area contributed by atoms with Crippen LogP contribution in [0.15, 0.2) is 11.6 Å². The molecule has 0 spiro atoms. The lowest BCUT2D eigenvalue weighted by Crippen LogP contribution is -2.57. The first kappa shape index (κ1) is 19.4. The van der Waals surface area contributed by atoms with Gasteiger partial charge in [0.05, 0.1) is 11.5 Å². The third-order valence-electron chi connectivity index (χ3n) is 8.82. The lowest BCUT2D eigenvalue weighted by molar-refractivity contribution is -0.161. The van der Waals surface area contributed by atoms with Crippen molar-refractivity contribution in [3.8, 4) is 0 Å². The molecule has 6 atom stereocenters. The van der Waals surface area contributed by atoms with E-state index in [4.69, 9.17) is 4.74 Å². The van der Waals surface area contributed by atoms with Crippen molar-refractivity contribution in [2.45, 2.75) is 91.1 Å². The van der Waals surface area contributed by atoms with Gasteiger partial charge in [-0.15, -0.1) is 0 Å². The van der Waals surface area contributed by atoms with Gasteiger partial charge in [-0.05, 0) is 74.7 Å². The summed E-state index contributed by atoms with van der Waals surface area (Å²) < 4.78 is 6.46. The maximum absolute atomic E-state index is 13.0. The molecule has 1 unspecified atom stereocenters. The molecule has 0 N–H and O–H groups in total. The standard InChI is InChI=1S/C24H36O3/c1-4-5-6-13-27-22-15-20-18(19-9-10-21(26)24(19,22)3)8-7-16-14-17(25)11-12-23(16,20)2/h14,18-20,22H,4-13,15H2,1-3H3/t18-,19-,20-,22?,23-,24-/m0/s1. The summed E-state index contributed by atoms with van der Waals surface area (Å²) in [4.78, 5) is 25.0. The van der Waals surface area contributed by atoms with Crippen LogP contribution in [0.5, 0.6) is 0 Å². The van der Waals surface area contributed by atoms with Crippen LogP contribution in [0, 0.1) is 28.6 Å². The number of carbonyl (C=O) groups excluding carboxylic acids is 2. The summed E-state index contributed by atoms with van der Waals surface area (Å²) in [5.41, 5.74) is 1.24. The number of unbranched alkanes of at least 4 members (excludes halogenated alkanes) is 2.